The summed E-state index contributed by atoms with van der Waals surface area (Å²) in [4.78, 5) is 13.4. The molecule has 2 rings (SSSR count). The lowest BCUT2D eigenvalue weighted by molar-refractivity contribution is -0.122. The summed E-state index contributed by atoms with van der Waals surface area (Å²) in [5.41, 5.74) is 7.33. The van der Waals surface area contributed by atoms with E-state index in [0.29, 0.717) is 0 Å². The van der Waals surface area contributed by atoms with Crippen molar-refractivity contribution in [2.24, 2.45) is 11.7 Å². The van der Waals surface area contributed by atoms with Gasteiger partial charge >= 0.3 is 0 Å². The highest BCUT2D eigenvalue weighted by Gasteiger charge is 2.23. The second-order valence-corrected chi connectivity index (χ2v) is 5.90. The molecule has 0 aromatic heterocycles. The summed E-state index contributed by atoms with van der Waals surface area (Å²) in [6.07, 6.45) is 1.14. The van der Waals surface area contributed by atoms with Crippen LogP contribution in [-0.2, 0) is 4.79 Å². The highest BCUT2D eigenvalue weighted by Crippen LogP contribution is 2.30. The van der Waals surface area contributed by atoms with E-state index in [1.54, 1.807) is 6.92 Å². The van der Waals surface area contributed by atoms with Gasteiger partial charge in [-0.3, -0.25) is 4.79 Å². The van der Waals surface area contributed by atoms with Gasteiger partial charge in [0.2, 0.25) is 5.91 Å². The van der Waals surface area contributed by atoms with Crippen molar-refractivity contribution in [1.82, 2.24) is 0 Å². The fourth-order valence-corrected chi connectivity index (χ4v) is 3.17. The number of nitrogens with two attached hydrogens (primary N) is 1. The van der Waals surface area contributed by atoms with Crippen LogP contribution in [0.3, 0.4) is 0 Å². The van der Waals surface area contributed by atoms with Gasteiger partial charge in [0, 0.05) is 29.2 Å². The second kappa shape index (κ2) is 5.92. The molecule has 1 atom stereocenters. The van der Waals surface area contributed by atoms with Gasteiger partial charge < -0.3 is 15.7 Å². The largest absolute Gasteiger partial charge is 0.389 e. The van der Waals surface area contributed by atoms with Crippen LogP contribution >= 0.6 is 15.9 Å². The number of aliphatic hydroxyl groups is 1. The molecule has 0 radical (unpaired) electrons. The summed E-state index contributed by atoms with van der Waals surface area (Å²) in [6, 6.07) is 5.97. The van der Waals surface area contributed by atoms with Crippen LogP contribution in [0.5, 0.6) is 0 Å². The third kappa shape index (κ3) is 3.28. The first-order chi connectivity index (χ1) is 8.99. The summed E-state index contributed by atoms with van der Waals surface area (Å²) >= 11 is 3.49. The maximum Gasteiger partial charge on any atom is 0.220 e. The van der Waals surface area contributed by atoms with Crippen molar-refractivity contribution < 1.29 is 9.90 Å². The number of carbonyl (C=O) groups is 1. The molecule has 1 fully saturated rings. The minimum atomic E-state index is -0.482. The first-order valence-corrected chi connectivity index (χ1v) is 7.30. The Balaban J connectivity index is 2.08. The number of nitrogens with zero attached hydrogens (tertiary/aromatic N) is 1. The Hall–Kier alpha value is -1.07. The minimum Gasteiger partial charge on any atom is -0.389 e. The van der Waals surface area contributed by atoms with Crippen molar-refractivity contribution in [2.75, 3.05) is 18.0 Å². The van der Waals surface area contributed by atoms with Crippen LogP contribution < -0.4 is 10.6 Å². The molecule has 1 heterocycles. The van der Waals surface area contributed by atoms with E-state index in [-0.39, 0.29) is 11.8 Å². The van der Waals surface area contributed by atoms with Crippen molar-refractivity contribution in [1.29, 1.82) is 0 Å². The maximum absolute atomic E-state index is 11.1. The van der Waals surface area contributed by atoms with Gasteiger partial charge in [-0.25, -0.2) is 0 Å². The van der Waals surface area contributed by atoms with Crippen molar-refractivity contribution >= 4 is 27.5 Å². The molecule has 0 bridgehead atoms. The fraction of sp³-hybridized carbons (Fsp3) is 0.500. The fourth-order valence-electron chi connectivity index (χ4n) is 2.47. The predicted molar refractivity (Wildman–Crippen MR) is 78.9 cm³/mol. The van der Waals surface area contributed by atoms with Crippen LogP contribution in [0.1, 0.15) is 31.4 Å². The Morgan fingerprint density at radius 2 is 2.11 bits per heavy atom. The van der Waals surface area contributed by atoms with Crippen LogP contribution in [0.15, 0.2) is 22.7 Å². The van der Waals surface area contributed by atoms with E-state index < -0.39 is 6.10 Å². The molecule has 0 spiro atoms. The Kier molecular flexibility index (Phi) is 4.47. The van der Waals surface area contributed by atoms with Crippen LogP contribution in [-0.4, -0.2) is 24.1 Å². The first kappa shape index (κ1) is 14.3. The summed E-state index contributed by atoms with van der Waals surface area (Å²) in [7, 11) is 0. The number of aliphatic hydroxyl groups excluding tert-OH is 1. The maximum atomic E-state index is 11.1. The number of halogens is 1. The highest BCUT2D eigenvalue weighted by atomic mass is 79.9. The van der Waals surface area contributed by atoms with E-state index in [1.165, 1.54) is 0 Å². The number of primary amides is 1. The molecule has 0 aliphatic carbocycles. The number of piperidine rings is 1. The molecule has 5 heteroatoms. The predicted octanol–water partition coefficient (Wildman–Crippen LogP) is 2.20. The van der Waals surface area contributed by atoms with Gasteiger partial charge in [0.1, 0.15) is 0 Å². The van der Waals surface area contributed by atoms with Gasteiger partial charge in [0.25, 0.3) is 0 Å². The van der Waals surface area contributed by atoms with Crippen molar-refractivity contribution in [3.8, 4) is 0 Å². The molecule has 1 aliphatic rings. The zero-order valence-corrected chi connectivity index (χ0v) is 12.6. The molecule has 19 heavy (non-hydrogen) atoms. The summed E-state index contributed by atoms with van der Waals surface area (Å²) in [5.74, 6) is -0.179. The monoisotopic (exact) mass is 326 g/mol. The molecular formula is C14H19BrN2O2. The van der Waals surface area contributed by atoms with Crippen LogP contribution in [0.2, 0.25) is 0 Å². The van der Waals surface area contributed by atoms with Gasteiger partial charge in [0.15, 0.2) is 0 Å². The number of benzene rings is 1. The van der Waals surface area contributed by atoms with E-state index in [4.69, 9.17) is 5.73 Å². The average molecular weight is 327 g/mol. The van der Waals surface area contributed by atoms with Crippen molar-refractivity contribution in [3.05, 3.63) is 28.2 Å². The smallest absolute Gasteiger partial charge is 0.220 e. The van der Waals surface area contributed by atoms with E-state index >= 15 is 0 Å². The Bertz CT molecular complexity index is 469. The molecule has 1 aliphatic heterocycles. The number of rotatable bonds is 3. The van der Waals surface area contributed by atoms with Gasteiger partial charge in [-0.1, -0.05) is 22.0 Å². The number of amides is 1. The quantitative estimate of drug-likeness (QED) is 0.894. The number of carbonyl (C=O) groups excluding carboxylic acids is 1. The Morgan fingerprint density at radius 1 is 1.47 bits per heavy atom. The molecule has 1 aromatic rings. The topological polar surface area (TPSA) is 66.6 Å². The van der Waals surface area contributed by atoms with E-state index in [1.807, 2.05) is 18.2 Å². The van der Waals surface area contributed by atoms with Gasteiger partial charge in [-0.05, 0) is 37.5 Å². The Labute approximate surface area is 121 Å². The van der Waals surface area contributed by atoms with Gasteiger partial charge in [-0.2, -0.15) is 0 Å². The summed E-state index contributed by atoms with van der Waals surface area (Å²) in [6.45, 7) is 3.43. The first-order valence-electron chi connectivity index (χ1n) is 6.51. The van der Waals surface area contributed by atoms with Gasteiger partial charge in [0.05, 0.1) is 6.10 Å². The lowest BCUT2D eigenvalue weighted by Crippen LogP contribution is -2.38. The molecule has 1 aromatic carbocycles. The lowest BCUT2D eigenvalue weighted by atomic mass is 9.96. The van der Waals surface area contributed by atoms with Crippen LogP contribution in [0.25, 0.3) is 0 Å². The van der Waals surface area contributed by atoms with Crippen LogP contribution in [0, 0.1) is 5.92 Å². The van der Waals surface area contributed by atoms with E-state index in [9.17, 15) is 9.90 Å². The SMILES string of the molecule is C[C@@H](O)c1ccc(N2CCC(C(N)=O)CC2)cc1Br. The van der Waals surface area contributed by atoms with E-state index in [2.05, 4.69) is 20.8 Å². The molecule has 3 N–H and O–H groups in total. The summed E-state index contributed by atoms with van der Waals surface area (Å²) < 4.78 is 0.914. The van der Waals surface area contributed by atoms with Crippen LogP contribution in [0.4, 0.5) is 5.69 Å². The zero-order valence-electron chi connectivity index (χ0n) is 11.0. The lowest BCUT2D eigenvalue weighted by Gasteiger charge is -2.32. The van der Waals surface area contributed by atoms with Crippen molar-refractivity contribution in [2.45, 2.75) is 25.9 Å². The van der Waals surface area contributed by atoms with Gasteiger partial charge in [-0.15, -0.1) is 0 Å². The third-order valence-corrected chi connectivity index (χ3v) is 4.38. The molecule has 1 saturated heterocycles. The molecule has 0 saturated carbocycles. The normalized spacial score (nSPS) is 18.4. The minimum absolute atomic E-state index is 0.0106. The Morgan fingerprint density at radius 3 is 2.58 bits per heavy atom. The average Bonchev–Trinajstić information content (AvgIpc) is 2.38. The standard InChI is InChI=1S/C14H19BrN2O2/c1-9(18)12-3-2-11(8-13(12)15)17-6-4-10(5-7-17)14(16)19/h2-3,8-10,18H,4-7H2,1H3,(H2,16,19)/t9-/m1/s1. The van der Waals surface area contributed by atoms with E-state index in [0.717, 1.165) is 41.7 Å². The molecule has 104 valence electrons. The molecular weight excluding hydrogens is 308 g/mol. The highest BCUT2D eigenvalue weighted by molar-refractivity contribution is 9.10. The number of hydrogen-bond donors (Lipinski definition) is 2. The number of anilines is 1. The zero-order chi connectivity index (χ0) is 14.0. The van der Waals surface area contributed by atoms with Crippen molar-refractivity contribution in [3.63, 3.8) is 0 Å². The number of hydrogen-bond acceptors (Lipinski definition) is 3. The second-order valence-electron chi connectivity index (χ2n) is 5.05. The molecule has 1 amide bonds. The summed E-state index contributed by atoms with van der Waals surface area (Å²) in [5, 5.41) is 9.61. The molecule has 0 unspecified atom stereocenters. The third-order valence-electron chi connectivity index (χ3n) is 3.70. The molecule has 4 nitrogen and oxygen atoms in total.